The molecule has 0 saturated heterocycles. The van der Waals surface area contributed by atoms with Crippen molar-refractivity contribution in [1.82, 2.24) is 5.32 Å². The summed E-state index contributed by atoms with van der Waals surface area (Å²) in [5, 5.41) is 10.4. The Morgan fingerprint density at radius 2 is 1.51 bits per heavy atom. The van der Waals surface area contributed by atoms with Gasteiger partial charge in [-0.25, -0.2) is 4.39 Å². The Hall–Kier alpha value is -4.29. The van der Waals surface area contributed by atoms with Crippen molar-refractivity contribution in [3.8, 4) is 11.1 Å². The van der Waals surface area contributed by atoms with E-state index < -0.39 is 0 Å². The Morgan fingerprint density at radius 3 is 2.26 bits per heavy atom. The van der Waals surface area contributed by atoms with Gasteiger partial charge in [0.2, 0.25) is 0 Å². The highest BCUT2D eigenvalue weighted by Crippen LogP contribution is 2.54. The van der Waals surface area contributed by atoms with Crippen molar-refractivity contribution < 1.29 is 13.9 Å². The number of nitrogens with one attached hydrogen (secondary N) is 2. The molecule has 0 aromatic heterocycles. The van der Waals surface area contributed by atoms with E-state index in [1.807, 2.05) is 54.6 Å². The second-order valence-electron chi connectivity index (χ2n) is 8.86. The van der Waals surface area contributed by atoms with Crippen LogP contribution in [0.15, 0.2) is 84.9 Å². The molecule has 0 radical (unpaired) electrons. The maximum absolute atomic E-state index is 14.4. The van der Waals surface area contributed by atoms with Crippen LogP contribution in [-0.4, -0.2) is 11.7 Å². The Labute approximate surface area is 201 Å². The summed E-state index contributed by atoms with van der Waals surface area (Å²) in [6.07, 6.45) is -0.444. The van der Waals surface area contributed by atoms with Crippen molar-refractivity contribution >= 4 is 11.7 Å². The molecule has 0 aliphatic carbocycles. The SMILES string of the molecule is N=C(N)c1ccc(CNC(=O)c2ccc3c(c2)[C@@H]2O[C@H]3c3ccc(-c4ccccc4F)cc32)cc1. The molecule has 2 atom stereocenters. The predicted octanol–water partition coefficient (Wildman–Crippen LogP) is 5.23. The number of hydrogen-bond acceptors (Lipinski definition) is 3. The van der Waals surface area contributed by atoms with Crippen LogP contribution in [0.3, 0.4) is 0 Å². The maximum Gasteiger partial charge on any atom is 0.251 e. The number of fused-ring (bicyclic) bond motifs is 8. The van der Waals surface area contributed by atoms with E-state index in [0.717, 1.165) is 33.4 Å². The van der Waals surface area contributed by atoms with Crippen molar-refractivity contribution in [2.45, 2.75) is 18.8 Å². The van der Waals surface area contributed by atoms with Gasteiger partial charge in [0.05, 0.1) is 0 Å². The van der Waals surface area contributed by atoms with Gasteiger partial charge in [0.15, 0.2) is 0 Å². The summed E-state index contributed by atoms with van der Waals surface area (Å²) in [5.41, 5.74) is 13.1. The third-order valence-electron chi connectivity index (χ3n) is 6.74. The molecule has 4 aromatic carbocycles. The van der Waals surface area contributed by atoms with Gasteiger partial charge >= 0.3 is 0 Å². The van der Waals surface area contributed by atoms with E-state index in [1.54, 1.807) is 24.3 Å². The molecule has 2 aliphatic heterocycles. The first-order valence-electron chi connectivity index (χ1n) is 11.4. The lowest BCUT2D eigenvalue weighted by Gasteiger charge is -2.18. The summed E-state index contributed by atoms with van der Waals surface area (Å²) in [4.78, 5) is 12.9. The number of hydrogen-bond donors (Lipinski definition) is 3. The molecule has 2 heterocycles. The average molecular weight is 464 g/mol. The van der Waals surface area contributed by atoms with Crippen LogP contribution in [0.2, 0.25) is 0 Å². The summed E-state index contributed by atoms with van der Waals surface area (Å²) >= 11 is 0. The molecular weight excluding hydrogens is 441 g/mol. The zero-order valence-corrected chi connectivity index (χ0v) is 18.7. The van der Waals surface area contributed by atoms with Gasteiger partial charge in [0, 0.05) is 23.2 Å². The summed E-state index contributed by atoms with van der Waals surface area (Å²) in [6, 6.07) is 25.6. The number of nitrogen functional groups attached to an aromatic ring is 1. The number of ether oxygens (including phenoxy) is 1. The largest absolute Gasteiger partial charge is 0.384 e. The Bertz CT molecular complexity index is 1500. The van der Waals surface area contributed by atoms with Gasteiger partial charge < -0.3 is 15.8 Å². The standard InChI is InChI=1S/C29H22FN3O2/c30-25-4-2-1-3-20(25)18-9-11-21-23(13-18)27-24-14-19(10-12-22(24)26(21)35-27)29(34)33-15-16-5-7-17(8-6-16)28(31)32/h1-14,26-27H,15H2,(H3,31,32)(H,33,34)/t26-,27+/m0/s1. The lowest BCUT2D eigenvalue weighted by Crippen LogP contribution is -2.23. The lowest BCUT2D eigenvalue weighted by atomic mass is 9.83. The van der Waals surface area contributed by atoms with Crippen LogP contribution in [0, 0.1) is 11.2 Å². The Morgan fingerprint density at radius 1 is 0.857 bits per heavy atom. The fraction of sp³-hybridized carbons (Fsp3) is 0.103. The van der Waals surface area contributed by atoms with Crippen LogP contribution in [0.4, 0.5) is 4.39 Å². The summed E-state index contributed by atoms with van der Waals surface area (Å²) in [7, 11) is 0. The zero-order valence-electron chi connectivity index (χ0n) is 18.7. The molecule has 0 fully saturated rings. The van der Waals surface area contributed by atoms with Gasteiger partial charge in [-0.2, -0.15) is 0 Å². The van der Waals surface area contributed by atoms with Gasteiger partial charge in [-0.05, 0) is 57.6 Å². The normalized spacial score (nSPS) is 17.1. The van der Waals surface area contributed by atoms with Crippen molar-refractivity contribution in [2.75, 3.05) is 0 Å². The third kappa shape index (κ3) is 3.59. The minimum Gasteiger partial charge on any atom is -0.384 e. The first kappa shape index (κ1) is 21.3. The molecule has 0 spiro atoms. The van der Waals surface area contributed by atoms with Gasteiger partial charge in [-0.1, -0.05) is 60.7 Å². The van der Waals surface area contributed by atoms with Crippen LogP contribution in [0.1, 0.15) is 55.9 Å². The van der Waals surface area contributed by atoms with E-state index >= 15 is 0 Å². The number of rotatable bonds is 5. The molecule has 0 saturated carbocycles. The van der Waals surface area contributed by atoms with E-state index in [4.69, 9.17) is 15.9 Å². The summed E-state index contributed by atoms with van der Waals surface area (Å²) in [5.74, 6) is -0.420. The molecule has 6 rings (SSSR count). The minimum absolute atomic E-state index is 0.0119. The fourth-order valence-electron chi connectivity index (χ4n) is 4.94. The minimum atomic E-state index is -0.274. The number of carbonyl (C=O) groups is 1. The number of nitrogens with two attached hydrogens (primary N) is 1. The number of halogens is 1. The summed E-state index contributed by atoms with van der Waals surface area (Å²) in [6.45, 7) is 0.367. The molecule has 4 N–H and O–H groups in total. The van der Waals surface area contributed by atoms with Crippen molar-refractivity contribution in [3.63, 3.8) is 0 Å². The molecule has 35 heavy (non-hydrogen) atoms. The van der Waals surface area contributed by atoms with Crippen LogP contribution < -0.4 is 11.1 Å². The molecule has 5 nitrogen and oxygen atoms in total. The second kappa shape index (κ2) is 8.18. The Balaban J connectivity index is 1.23. The van der Waals surface area contributed by atoms with E-state index in [0.29, 0.717) is 23.2 Å². The smallest absolute Gasteiger partial charge is 0.251 e. The predicted molar refractivity (Wildman–Crippen MR) is 132 cm³/mol. The van der Waals surface area contributed by atoms with Crippen molar-refractivity contribution in [3.05, 3.63) is 130 Å². The van der Waals surface area contributed by atoms with Crippen molar-refractivity contribution in [2.24, 2.45) is 5.73 Å². The first-order chi connectivity index (χ1) is 17.0. The van der Waals surface area contributed by atoms with Crippen molar-refractivity contribution in [1.29, 1.82) is 5.41 Å². The van der Waals surface area contributed by atoms with E-state index in [1.165, 1.54) is 6.07 Å². The van der Waals surface area contributed by atoms with Gasteiger partial charge in [-0.3, -0.25) is 10.2 Å². The molecule has 172 valence electrons. The molecule has 2 aliphatic rings. The van der Waals surface area contributed by atoms with Crippen LogP contribution in [0.5, 0.6) is 0 Å². The highest BCUT2D eigenvalue weighted by Gasteiger charge is 2.43. The van der Waals surface area contributed by atoms with Crippen LogP contribution >= 0.6 is 0 Å². The van der Waals surface area contributed by atoms with Gasteiger partial charge in [-0.15, -0.1) is 0 Å². The highest BCUT2D eigenvalue weighted by molar-refractivity contribution is 5.95. The molecule has 2 bridgehead atoms. The number of amides is 1. The van der Waals surface area contributed by atoms with Crippen LogP contribution in [0.25, 0.3) is 11.1 Å². The van der Waals surface area contributed by atoms with E-state index in [9.17, 15) is 9.18 Å². The number of benzene rings is 4. The first-order valence-corrected chi connectivity index (χ1v) is 11.4. The summed E-state index contributed by atoms with van der Waals surface area (Å²) < 4.78 is 20.6. The van der Waals surface area contributed by atoms with E-state index in [2.05, 4.69) is 5.32 Å². The Kier molecular flexibility index (Phi) is 4.97. The zero-order chi connectivity index (χ0) is 24.1. The lowest BCUT2D eigenvalue weighted by molar-refractivity contribution is 0.0857. The van der Waals surface area contributed by atoms with Gasteiger partial charge in [0.1, 0.15) is 23.9 Å². The highest BCUT2D eigenvalue weighted by atomic mass is 19.1. The molecule has 1 amide bonds. The monoisotopic (exact) mass is 463 g/mol. The molecule has 0 unspecified atom stereocenters. The molecule has 6 heteroatoms. The van der Waals surface area contributed by atoms with Gasteiger partial charge in [0.25, 0.3) is 5.91 Å². The van der Waals surface area contributed by atoms with E-state index in [-0.39, 0.29) is 29.8 Å². The molecular formula is C29H22FN3O2. The second-order valence-corrected chi connectivity index (χ2v) is 8.86. The molecule has 4 aromatic rings. The number of carbonyl (C=O) groups excluding carboxylic acids is 1. The van der Waals surface area contributed by atoms with Crippen LogP contribution in [-0.2, 0) is 11.3 Å². The quantitative estimate of drug-likeness (QED) is 0.280. The topological polar surface area (TPSA) is 88.2 Å². The number of amidine groups is 1. The maximum atomic E-state index is 14.4. The fourth-order valence-corrected chi connectivity index (χ4v) is 4.94. The average Bonchev–Trinajstić information content (AvgIpc) is 3.44. The third-order valence-corrected chi connectivity index (χ3v) is 6.74.